The van der Waals surface area contributed by atoms with Gasteiger partial charge in [-0.15, -0.1) is 0 Å². The van der Waals surface area contributed by atoms with Gasteiger partial charge in [-0.2, -0.15) is 0 Å². The lowest BCUT2D eigenvalue weighted by Crippen LogP contribution is -2.47. The Kier molecular flexibility index (Phi) is 9.02. The predicted molar refractivity (Wildman–Crippen MR) is 141 cm³/mol. The molecule has 2 N–H and O–H groups in total. The maximum absolute atomic E-state index is 11.2. The maximum Gasteiger partial charge on any atom is 0.0921 e. The van der Waals surface area contributed by atoms with Gasteiger partial charge in [0.25, 0.3) is 0 Å². The molecule has 3 rings (SSSR count). The van der Waals surface area contributed by atoms with Gasteiger partial charge < -0.3 is 24.4 Å². The fourth-order valence-corrected chi connectivity index (χ4v) is 6.13. The van der Waals surface area contributed by atoms with Crippen molar-refractivity contribution in [1.29, 1.82) is 0 Å². The first-order chi connectivity index (χ1) is 16.1. The molecular weight excluding hydrogens is 440 g/mol. The molecule has 0 saturated carbocycles. The van der Waals surface area contributed by atoms with E-state index >= 15 is 0 Å². The summed E-state index contributed by atoms with van der Waals surface area (Å²) in [5.41, 5.74) is 0.323. The van der Waals surface area contributed by atoms with E-state index in [0.29, 0.717) is 6.42 Å². The second-order valence-corrected chi connectivity index (χ2v) is 13.0. The van der Waals surface area contributed by atoms with Crippen LogP contribution in [0.25, 0.3) is 0 Å². The van der Waals surface area contributed by atoms with Crippen LogP contribution in [0.2, 0.25) is 0 Å². The zero-order chi connectivity index (χ0) is 26.1. The van der Waals surface area contributed by atoms with Crippen molar-refractivity contribution in [3.63, 3.8) is 0 Å². The highest BCUT2D eigenvalue weighted by atomic mass is 16.6. The van der Waals surface area contributed by atoms with Gasteiger partial charge in [0.1, 0.15) is 0 Å². The minimum atomic E-state index is -0.847. The molecule has 0 aliphatic carbocycles. The highest BCUT2D eigenvalue weighted by Crippen LogP contribution is 2.48. The van der Waals surface area contributed by atoms with Gasteiger partial charge in [0.2, 0.25) is 0 Å². The summed E-state index contributed by atoms with van der Waals surface area (Å²) in [5.74, 6) is 0. The average molecular weight is 493 g/mol. The molecule has 0 unspecified atom stereocenters. The summed E-state index contributed by atoms with van der Waals surface area (Å²) in [7, 11) is 0. The Labute approximate surface area is 214 Å². The first-order valence-corrected chi connectivity index (χ1v) is 13.9. The second-order valence-electron chi connectivity index (χ2n) is 13.0. The third-order valence-electron chi connectivity index (χ3n) is 8.73. The first-order valence-electron chi connectivity index (χ1n) is 13.9. The van der Waals surface area contributed by atoms with Crippen LogP contribution in [0.15, 0.2) is 23.3 Å². The summed E-state index contributed by atoms with van der Waals surface area (Å²) in [6.07, 6.45) is 13.3. The molecule has 0 aromatic heterocycles. The average Bonchev–Trinajstić information content (AvgIpc) is 3.46. The van der Waals surface area contributed by atoms with Crippen molar-refractivity contribution in [3.8, 4) is 0 Å². The minimum Gasteiger partial charge on any atom is -0.388 e. The van der Waals surface area contributed by atoms with Gasteiger partial charge in [-0.3, -0.25) is 0 Å². The van der Waals surface area contributed by atoms with Crippen molar-refractivity contribution in [2.45, 2.75) is 166 Å². The maximum atomic E-state index is 11.2. The molecule has 3 heterocycles. The molecule has 3 fully saturated rings. The quantitative estimate of drug-likeness (QED) is 0.345. The zero-order valence-electron chi connectivity index (χ0n) is 23.7. The van der Waals surface area contributed by atoms with E-state index in [2.05, 4.69) is 46.8 Å². The molecule has 0 spiro atoms. The number of hydrogen-bond donors (Lipinski definition) is 2. The Morgan fingerprint density at radius 2 is 1.49 bits per heavy atom. The first kappa shape index (κ1) is 28.8. The normalized spacial score (nSPS) is 38.1. The largest absolute Gasteiger partial charge is 0.388 e. The minimum absolute atomic E-state index is 0.00228. The van der Waals surface area contributed by atoms with E-state index in [-0.39, 0.29) is 35.6 Å². The molecule has 3 saturated heterocycles. The standard InChI is InChI=1S/C30H52O5/c1-21(2)11-9-12-22(3)13-10-18-28(6,32)24-14-15-25(33-24)29(7)20-17-26(35-29)30(8)19-16-23(34-30)27(4,5)31/h11,13,23-26,31-32H,9-10,12,14-20H2,1-8H3/b22-13+/t23-,24-,25-,26-,28+,29+,30+/m1/s1. The van der Waals surface area contributed by atoms with Gasteiger partial charge in [0, 0.05) is 0 Å². The van der Waals surface area contributed by atoms with Crippen molar-refractivity contribution in [2.75, 3.05) is 0 Å². The molecule has 202 valence electrons. The van der Waals surface area contributed by atoms with E-state index in [1.807, 2.05) is 20.8 Å². The fraction of sp³-hybridized carbons (Fsp3) is 0.867. The molecule has 35 heavy (non-hydrogen) atoms. The van der Waals surface area contributed by atoms with Crippen LogP contribution >= 0.6 is 0 Å². The Morgan fingerprint density at radius 3 is 2.11 bits per heavy atom. The van der Waals surface area contributed by atoms with Crippen LogP contribution in [0.3, 0.4) is 0 Å². The summed E-state index contributed by atoms with van der Waals surface area (Å²) in [6, 6.07) is 0. The highest BCUT2D eigenvalue weighted by molar-refractivity contribution is 5.06. The van der Waals surface area contributed by atoms with Gasteiger partial charge in [-0.25, -0.2) is 0 Å². The van der Waals surface area contributed by atoms with Gasteiger partial charge in [0.05, 0.1) is 46.8 Å². The van der Waals surface area contributed by atoms with Gasteiger partial charge >= 0.3 is 0 Å². The Morgan fingerprint density at radius 1 is 0.829 bits per heavy atom. The molecule has 5 heteroatoms. The summed E-state index contributed by atoms with van der Waals surface area (Å²) in [5, 5.41) is 21.7. The van der Waals surface area contributed by atoms with Crippen LogP contribution in [0.5, 0.6) is 0 Å². The summed E-state index contributed by atoms with van der Waals surface area (Å²) in [6.45, 7) is 16.3. The molecule has 3 aliphatic rings. The number of rotatable bonds is 10. The van der Waals surface area contributed by atoms with E-state index in [1.165, 1.54) is 11.1 Å². The molecule has 0 aromatic rings. The lowest BCUT2D eigenvalue weighted by molar-refractivity contribution is -0.201. The number of ether oxygens (including phenoxy) is 3. The Bertz CT molecular complexity index is 774. The summed E-state index contributed by atoms with van der Waals surface area (Å²) in [4.78, 5) is 0. The van der Waals surface area contributed by atoms with Crippen LogP contribution in [-0.4, -0.2) is 57.0 Å². The molecule has 0 amide bonds. The number of allylic oxidation sites excluding steroid dienone is 4. The molecule has 5 nitrogen and oxygen atoms in total. The van der Waals surface area contributed by atoms with Crippen LogP contribution in [0, 0.1) is 0 Å². The fourth-order valence-electron chi connectivity index (χ4n) is 6.13. The second kappa shape index (κ2) is 10.9. The Balaban J connectivity index is 1.51. The zero-order valence-corrected chi connectivity index (χ0v) is 23.7. The van der Waals surface area contributed by atoms with Crippen molar-refractivity contribution in [3.05, 3.63) is 23.3 Å². The van der Waals surface area contributed by atoms with Crippen molar-refractivity contribution < 1.29 is 24.4 Å². The van der Waals surface area contributed by atoms with E-state index in [4.69, 9.17) is 14.2 Å². The topological polar surface area (TPSA) is 68.2 Å². The summed E-state index contributed by atoms with van der Waals surface area (Å²) < 4.78 is 19.5. The summed E-state index contributed by atoms with van der Waals surface area (Å²) >= 11 is 0. The van der Waals surface area contributed by atoms with E-state index in [1.54, 1.807) is 0 Å². The van der Waals surface area contributed by atoms with Gasteiger partial charge in [-0.05, 0) is 120 Å². The SMILES string of the molecule is CC(C)=CCC/C(C)=C/CC[C@](C)(O)[C@H]1CC[C@H]([C@]2(C)CC[C@H]([C@]3(C)CC[C@H](C(C)(C)O)O3)O2)O1. The van der Waals surface area contributed by atoms with Crippen molar-refractivity contribution in [2.24, 2.45) is 0 Å². The van der Waals surface area contributed by atoms with E-state index in [9.17, 15) is 10.2 Å². The monoisotopic (exact) mass is 492 g/mol. The van der Waals surface area contributed by atoms with Gasteiger partial charge in [0.15, 0.2) is 0 Å². The third-order valence-corrected chi connectivity index (χ3v) is 8.73. The molecule has 0 radical (unpaired) electrons. The number of aliphatic hydroxyl groups is 2. The predicted octanol–water partition coefficient (Wildman–Crippen LogP) is 6.40. The van der Waals surface area contributed by atoms with Crippen LogP contribution in [-0.2, 0) is 14.2 Å². The lowest BCUT2D eigenvalue weighted by Gasteiger charge is -2.38. The third kappa shape index (κ3) is 7.19. The van der Waals surface area contributed by atoms with Crippen LogP contribution in [0.4, 0.5) is 0 Å². The Hall–Kier alpha value is -0.720. The molecular formula is C30H52O5. The van der Waals surface area contributed by atoms with Crippen LogP contribution in [0.1, 0.15) is 120 Å². The van der Waals surface area contributed by atoms with E-state index < -0.39 is 11.2 Å². The molecule has 0 bridgehead atoms. The molecule has 3 aliphatic heterocycles. The van der Waals surface area contributed by atoms with Gasteiger partial charge in [-0.1, -0.05) is 23.3 Å². The highest BCUT2D eigenvalue weighted by Gasteiger charge is 2.55. The van der Waals surface area contributed by atoms with Crippen LogP contribution < -0.4 is 0 Å². The lowest BCUT2D eigenvalue weighted by atomic mass is 9.89. The molecule has 7 atom stereocenters. The van der Waals surface area contributed by atoms with Crippen molar-refractivity contribution >= 4 is 0 Å². The number of hydrogen-bond acceptors (Lipinski definition) is 5. The van der Waals surface area contributed by atoms with Crippen molar-refractivity contribution in [1.82, 2.24) is 0 Å². The van der Waals surface area contributed by atoms with E-state index in [0.717, 1.165) is 57.8 Å². The smallest absolute Gasteiger partial charge is 0.0921 e. The molecule has 0 aromatic carbocycles.